The van der Waals surface area contributed by atoms with Crippen molar-refractivity contribution in [1.29, 1.82) is 0 Å². The third-order valence-corrected chi connectivity index (χ3v) is 4.46. The molecule has 14 heavy (non-hydrogen) atoms. The van der Waals surface area contributed by atoms with Gasteiger partial charge < -0.3 is 0 Å². The normalized spacial score (nSPS) is 45.0. The molecule has 0 aromatic carbocycles. The molecule has 0 heteroatoms. The van der Waals surface area contributed by atoms with Crippen molar-refractivity contribution < 1.29 is 0 Å². The minimum atomic E-state index is 0.815. The van der Waals surface area contributed by atoms with E-state index in [1.165, 1.54) is 31.3 Å². The van der Waals surface area contributed by atoms with Crippen LogP contribution in [0, 0.1) is 23.7 Å². The molecule has 3 aliphatic carbocycles. The first-order valence-corrected chi connectivity index (χ1v) is 5.86. The van der Waals surface area contributed by atoms with Gasteiger partial charge in [0.05, 0.1) is 0 Å². The van der Waals surface area contributed by atoms with Crippen LogP contribution in [-0.2, 0) is 0 Å². The third kappa shape index (κ3) is 1.13. The maximum atomic E-state index is 4.21. The van der Waals surface area contributed by atoms with Crippen molar-refractivity contribution in [3.05, 3.63) is 36.5 Å². The van der Waals surface area contributed by atoms with Crippen molar-refractivity contribution in [1.82, 2.24) is 0 Å². The van der Waals surface area contributed by atoms with Crippen LogP contribution >= 0.6 is 0 Å². The van der Waals surface area contributed by atoms with Crippen LogP contribution in [0.5, 0.6) is 0 Å². The summed E-state index contributed by atoms with van der Waals surface area (Å²) in [6.45, 7) is 4.21. The molecule has 1 saturated carbocycles. The lowest BCUT2D eigenvalue weighted by molar-refractivity contribution is 0.288. The molecule has 0 aromatic heterocycles. The molecule has 0 heterocycles. The highest BCUT2D eigenvalue weighted by Crippen LogP contribution is 2.52. The summed E-state index contributed by atoms with van der Waals surface area (Å²) in [5.41, 5.74) is 1.40. The fourth-order valence-electron chi connectivity index (χ4n) is 3.75. The second kappa shape index (κ2) is 3.12. The van der Waals surface area contributed by atoms with E-state index in [1.807, 2.05) is 0 Å². The number of rotatable bonds is 0. The van der Waals surface area contributed by atoms with Gasteiger partial charge in [0.1, 0.15) is 0 Å². The van der Waals surface area contributed by atoms with Gasteiger partial charge in [-0.15, -0.1) is 0 Å². The summed E-state index contributed by atoms with van der Waals surface area (Å²) in [5.74, 6) is 3.66. The van der Waals surface area contributed by atoms with Crippen molar-refractivity contribution in [3.63, 3.8) is 0 Å². The molecular weight excluding hydrogens is 168 g/mol. The standard InChI is InChI=1S/C14H18/c1-10-5-4-8-13-12-7-3-2-6-11(12)9-14(10)13/h2-5,11-14H,1,6-9H2. The molecule has 0 saturated heterocycles. The molecule has 0 radical (unpaired) electrons. The van der Waals surface area contributed by atoms with E-state index < -0.39 is 0 Å². The Morgan fingerprint density at radius 2 is 1.79 bits per heavy atom. The summed E-state index contributed by atoms with van der Waals surface area (Å²) in [4.78, 5) is 0. The van der Waals surface area contributed by atoms with Crippen molar-refractivity contribution in [2.75, 3.05) is 0 Å². The Bertz CT molecular complexity index is 308. The first kappa shape index (κ1) is 8.52. The molecule has 4 atom stereocenters. The smallest absolute Gasteiger partial charge is 0.0131 e. The van der Waals surface area contributed by atoms with E-state index in [0.717, 1.165) is 23.7 Å². The minimum absolute atomic E-state index is 0.815. The van der Waals surface area contributed by atoms with Crippen LogP contribution in [0.25, 0.3) is 0 Å². The van der Waals surface area contributed by atoms with Gasteiger partial charge in [-0.25, -0.2) is 0 Å². The van der Waals surface area contributed by atoms with E-state index in [-0.39, 0.29) is 0 Å². The molecule has 3 aliphatic rings. The molecule has 0 bridgehead atoms. The highest BCUT2D eigenvalue weighted by atomic mass is 14.5. The first-order chi connectivity index (χ1) is 6.86. The molecule has 0 amide bonds. The SMILES string of the molecule is C=C1C=CCC2C1CC1CC=CCC12. The maximum absolute atomic E-state index is 4.21. The monoisotopic (exact) mass is 186 g/mol. The van der Waals surface area contributed by atoms with Gasteiger partial charge in [-0.2, -0.15) is 0 Å². The quantitative estimate of drug-likeness (QED) is 0.506. The van der Waals surface area contributed by atoms with Crippen molar-refractivity contribution in [3.8, 4) is 0 Å². The van der Waals surface area contributed by atoms with Crippen molar-refractivity contribution >= 4 is 0 Å². The summed E-state index contributed by atoms with van der Waals surface area (Å²) < 4.78 is 0. The molecule has 0 aliphatic heterocycles. The summed E-state index contributed by atoms with van der Waals surface area (Å²) >= 11 is 0. The molecule has 74 valence electrons. The van der Waals surface area contributed by atoms with E-state index >= 15 is 0 Å². The summed E-state index contributed by atoms with van der Waals surface area (Å²) in [7, 11) is 0. The van der Waals surface area contributed by atoms with Crippen LogP contribution in [-0.4, -0.2) is 0 Å². The molecular formula is C14H18. The van der Waals surface area contributed by atoms with Crippen LogP contribution in [0.4, 0.5) is 0 Å². The van der Waals surface area contributed by atoms with Crippen LogP contribution < -0.4 is 0 Å². The van der Waals surface area contributed by atoms with Crippen molar-refractivity contribution in [2.24, 2.45) is 23.7 Å². The predicted octanol–water partition coefficient (Wildman–Crippen LogP) is 3.72. The third-order valence-electron chi connectivity index (χ3n) is 4.46. The fourth-order valence-corrected chi connectivity index (χ4v) is 3.75. The van der Waals surface area contributed by atoms with E-state index in [0.29, 0.717) is 0 Å². The Morgan fingerprint density at radius 3 is 2.71 bits per heavy atom. The minimum Gasteiger partial charge on any atom is -0.0955 e. The van der Waals surface area contributed by atoms with E-state index in [2.05, 4.69) is 30.9 Å². The first-order valence-electron chi connectivity index (χ1n) is 5.86. The summed E-state index contributed by atoms with van der Waals surface area (Å²) in [5, 5.41) is 0. The topological polar surface area (TPSA) is 0 Å². The second-order valence-electron chi connectivity index (χ2n) is 5.09. The lowest BCUT2D eigenvalue weighted by Gasteiger charge is -2.29. The van der Waals surface area contributed by atoms with Crippen molar-refractivity contribution in [2.45, 2.75) is 25.7 Å². The average Bonchev–Trinajstić information content (AvgIpc) is 2.59. The fraction of sp³-hybridized carbons (Fsp3) is 0.571. The molecule has 0 spiro atoms. The summed E-state index contributed by atoms with van der Waals surface area (Å²) in [6.07, 6.45) is 14.7. The Morgan fingerprint density at radius 1 is 1.00 bits per heavy atom. The Kier molecular flexibility index (Phi) is 1.90. The number of allylic oxidation sites excluding steroid dienone is 5. The molecule has 0 aromatic rings. The molecule has 3 rings (SSSR count). The zero-order chi connectivity index (χ0) is 9.54. The lowest BCUT2D eigenvalue weighted by Crippen LogP contribution is -2.20. The number of hydrogen-bond donors (Lipinski definition) is 0. The van der Waals surface area contributed by atoms with E-state index in [1.54, 1.807) is 0 Å². The summed E-state index contributed by atoms with van der Waals surface area (Å²) in [6, 6.07) is 0. The Hall–Kier alpha value is -0.780. The van der Waals surface area contributed by atoms with Gasteiger partial charge in [0.25, 0.3) is 0 Å². The van der Waals surface area contributed by atoms with Crippen LogP contribution in [0.1, 0.15) is 25.7 Å². The zero-order valence-corrected chi connectivity index (χ0v) is 8.65. The van der Waals surface area contributed by atoms with Gasteiger partial charge >= 0.3 is 0 Å². The number of fused-ring (bicyclic) bond motifs is 3. The largest absolute Gasteiger partial charge is 0.0955 e. The van der Waals surface area contributed by atoms with Gasteiger partial charge in [-0.3, -0.25) is 0 Å². The van der Waals surface area contributed by atoms with Crippen LogP contribution in [0.15, 0.2) is 36.5 Å². The predicted molar refractivity (Wildman–Crippen MR) is 59.8 cm³/mol. The highest BCUT2D eigenvalue weighted by molar-refractivity contribution is 5.26. The van der Waals surface area contributed by atoms with E-state index in [4.69, 9.17) is 0 Å². The van der Waals surface area contributed by atoms with Gasteiger partial charge in [0.2, 0.25) is 0 Å². The maximum Gasteiger partial charge on any atom is -0.0131 e. The highest BCUT2D eigenvalue weighted by Gasteiger charge is 2.43. The van der Waals surface area contributed by atoms with Crippen LogP contribution in [0.3, 0.4) is 0 Å². The molecule has 1 fully saturated rings. The van der Waals surface area contributed by atoms with Gasteiger partial charge in [0.15, 0.2) is 0 Å². The average molecular weight is 186 g/mol. The lowest BCUT2D eigenvalue weighted by atomic mass is 9.76. The Balaban J connectivity index is 1.89. The van der Waals surface area contributed by atoms with Gasteiger partial charge in [0, 0.05) is 0 Å². The van der Waals surface area contributed by atoms with Gasteiger partial charge in [-0.1, -0.05) is 36.5 Å². The zero-order valence-electron chi connectivity index (χ0n) is 8.65. The van der Waals surface area contributed by atoms with Crippen LogP contribution in [0.2, 0.25) is 0 Å². The second-order valence-corrected chi connectivity index (χ2v) is 5.09. The number of hydrogen-bond acceptors (Lipinski definition) is 0. The molecule has 4 unspecified atom stereocenters. The molecule has 0 nitrogen and oxygen atoms in total. The van der Waals surface area contributed by atoms with E-state index in [9.17, 15) is 0 Å². The van der Waals surface area contributed by atoms with Gasteiger partial charge in [-0.05, 0) is 49.4 Å². The Labute approximate surface area is 86.4 Å². The molecule has 0 N–H and O–H groups in total.